The molecule has 142 valence electrons. The fourth-order valence-corrected chi connectivity index (χ4v) is 4.65. The fraction of sp³-hybridized carbons (Fsp3) is 0.545. The first-order chi connectivity index (χ1) is 12.7. The summed E-state index contributed by atoms with van der Waals surface area (Å²) in [6.45, 7) is 5.69. The molecule has 0 spiro atoms. The van der Waals surface area contributed by atoms with Crippen molar-refractivity contribution >= 4 is 11.3 Å². The third-order valence-electron chi connectivity index (χ3n) is 5.50. The second-order valence-electron chi connectivity index (χ2n) is 7.57. The van der Waals surface area contributed by atoms with Gasteiger partial charge in [-0.15, -0.1) is 11.3 Å². The van der Waals surface area contributed by atoms with Gasteiger partial charge in [-0.3, -0.25) is 0 Å². The van der Waals surface area contributed by atoms with E-state index in [0.29, 0.717) is 11.8 Å². The van der Waals surface area contributed by atoms with Gasteiger partial charge in [-0.1, -0.05) is 25.1 Å². The van der Waals surface area contributed by atoms with Gasteiger partial charge in [0.05, 0.1) is 0 Å². The van der Waals surface area contributed by atoms with Crippen LogP contribution in [0.1, 0.15) is 48.6 Å². The van der Waals surface area contributed by atoms with Crippen LogP contribution in [0.2, 0.25) is 0 Å². The lowest BCUT2D eigenvalue weighted by molar-refractivity contribution is 0.142. The summed E-state index contributed by atoms with van der Waals surface area (Å²) in [7, 11) is 4.23. The van der Waals surface area contributed by atoms with E-state index in [1.807, 2.05) is 7.05 Å². The second kappa shape index (κ2) is 9.54. The lowest BCUT2D eigenvalue weighted by Crippen LogP contribution is -2.29. The average Bonchev–Trinajstić information content (AvgIpc) is 3.19. The van der Waals surface area contributed by atoms with Crippen LogP contribution in [-0.2, 0) is 0 Å². The second-order valence-corrected chi connectivity index (χ2v) is 8.55. The highest BCUT2D eigenvalue weighted by atomic mass is 32.1. The average molecular weight is 373 g/mol. The Balaban J connectivity index is 1.73. The number of benzene rings is 1. The molecular weight excluding hydrogens is 340 g/mol. The van der Waals surface area contributed by atoms with Crippen molar-refractivity contribution < 1.29 is 4.74 Å². The van der Waals surface area contributed by atoms with Crippen LogP contribution in [0, 0.1) is 5.92 Å². The lowest BCUT2D eigenvalue weighted by atomic mass is 9.89. The van der Waals surface area contributed by atoms with Gasteiger partial charge < -0.3 is 15.0 Å². The van der Waals surface area contributed by atoms with Gasteiger partial charge in [0.15, 0.2) is 0 Å². The number of ether oxygens (including phenoxy) is 1. The van der Waals surface area contributed by atoms with Gasteiger partial charge in [0, 0.05) is 4.88 Å². The molecular formula is C22H32N2OS. The zero-order chi connectivity index (χ0) is 18.4. The third-order valence-corrected chi connectivity index (χ3v) is 6.43. The Morgan fingerprint density at radius 2 is 2.04 bits per heavy atom. The molecule has 1 N–H and O–H groups in total. The number of nitrogens with one attached hydrogen (secondary N) is 1. The Bertz CT molecular complexity index is 650. The van der Waals surface area contributed by atoms with Gasteiger partial charge in [-0.05, 0) is 94.0 Å². The standard InChI is InChI=1S/C22H32N2OS/c1-17(9-12-23-2)22(21-8-5-15-26-21)25-20-7-4-6-19(16-20)18-10-13-24(3)14-11-18/h4-8,15-18,22-23H,9-14H2,1-3H3/t17?,22-/m1/s1. The molecule has 1 unspecified atom stereocenters. The van der Waals surface area contributed by atoms with Crippen molar-refractivity contribution in [1.29, 1.82) is 0 Å². The molecule has 26 heavy (non-hydrogen) atoms. The van der Waals surface area contributed by atoms with Crippen molar-refractivity contribution in [2.75, 3.05) is 33.7 Å². The molecule has 1 aliphatic heterocycles. The highest BCUT2D eigenvalue weighted by Gasteiger charge is 2.23. The van der Waals surface area contributed by atoms with Crippen molar-refractivity contribution in [3.05, 3.63) is 52.2 Å². The maximum atomic E-state index is 6.54. The van der Waals surface area contributed by atoms with Crippen LogP contribution < -0.4 is 10.1 Å². The molecule has 4 heteroatoms. The van der Waals surface area contributed by atoms with Gasteiger partial charge in [-0.2, -0.15) is 0 Å². The summed E-state index contributed by atoms with van der Waals surface area (Å²) in [5.41, 5.74) is 1.43. The lowest BCUT2D eigenvalue weighted by Gasteiger charge is -2.30. The van der Waals surface area contributed by atoms with Crippen molar-refractivity contribution in [3.63, 3.8) is 0 Å². The maximum absolute atomic E-state index is 6.54. The van der Waals surface area contributed by atoms with E-state index < -0.39 is 0 Å². The minimum absolute atomic E-state index is 0.121. The van der Waals surface area contributed by atoms with Crippen LogP contribution in [0.4, 0.5) is 0 Å². The van der Waals surface area contributed by atoms with Crippen LogP contribution in [0.3, 0.4) is 0 Å². The molecule has 3 nitrogen and oxygen atoms in total. The summed E-state index contributed by atoms with van der Waals surface area (Å²) < 4.78 is 6.54. The van der Waals surface area contributed by atoms with Crippen LogP contribution >= 0.6 is 11.3 Å². The van der Waals surface area contributed by atoms with Crippen molar-refractivity contribution in [3.8, 4) is 5.75 Å². The summed E-state index contributed by atoms with van der Waals surface area (Å²) >= 11 is 1.79. The monoisotopic (exact) mass is 372 g/mol. The molecule has 1 saturated heterocycles. The molecule has 1 aromatic carbocycles. The van der Waals surface area contributed by atoms with Crippen molar-refractivity contribution in [2.24, 2.45) is 5.92 Å². The van der Waals surface area contributed by atoms with Crippen LogP contribution in [0.5, 0.6) is 5.75 Å². The first-order valence-electron chi connectivity index (χ1n) is 9.80. The fourth-order valence-electron chi connectivity index (χ4n) is 3.76. The summed E-state index contributed by atoms with van der Waals surface area (Å²) in [6.07, 6.45) is 3.71. The molecule has 0 saturated carbocycles. The van der Waals surface area contributed by atoms with Crippen LogP contribution in [0.15, 0.2) is 41.8 Å². The van der Waals surface area contributed by atoms with E-state index >= 15 is 0 Å². The molecule has 0 bridgehead atoms. The highest BCUT2D eigenvalue weighted by molar-refractivity contribution is 7.10. The maximum Gasteiger partial charge on any atom is 0.135 e. The van der Waals surface area contributed by atoms with E-state index in [9.17, 15) is 0 Å². The normalized spacial score (nSPS) is 18.6. The first kappa shape index (κ1) is 19.4. The van der Waals surface area contributed by atoms with E-state index in [1.165, 1.54) is 36.4 Å². The molecule has 0 amide bonds. The van der Waals surface area contributed by atoms with Crippen molar-refractivity contribution in [2.45, 2.75) is 38.2 Å². The Labute approximate surface area is 162 Å². The number of thiophene rings is 1. The minimum atomic E-state index is 0.121. The molecule has 0 aliphatic carbocycles. The molecule has 3 rings (SSSR count). The summed E-state index contributed by atoms with van der Waals surface area (Å²) in [5, 5.41) is 5.41. The quantitative estimate of drug-likeness (QED) is 0.711. The Morgan fingerprint density at radius 3 is 2.73 bits per heavy atom. The first-order valence-corrected chi connectivity index (χ1v) is 10.7. The number of likely N-dealkylation sites (tertiary alicyclic amines) is 1. The van der Waals surface area contributed by atoms with E-state index in [-0.39, 0.29) is 6.10 Å². The SMILES string of the molecule is CNCCC(C)[C@@H](Oc1cccc(C2CCN(C)CC2)c1)c1cccs1. The zero-order valence-corrected chi connectivity index (χ0v) is 17.1. The Kier molecular flexibility index (Phi) is 7.12. The number of hydrogen-bond donors (Lipinski definition) is 1. The molecule has 1 fully saturated rings. The van der Waals surface area contributed by atoms with E-state index in [4.69, 9.17) is 4.74 Å². The largest absolute Gasteiger partial charge is 0.485 e. The number of rotatable bonds is 8. The van der Waals surface area contributed by atoms with Gasteiger partial charge in [-0.25, -0.2) is 0 Å². The summed E-state index contributed by atoms with van der Waals surface area (Å²) in [4.78, 5) is 3.74. The van der Waals surface area contributed by atoms with Gasteiger partial charge >= 0.3 is 0 Å². The summed E-state index contributed by atoms with van der Waals surface area (Å²) in [5.74, 6) is 2.14. The van der Waals surface area contributed by atoms with E-state index in [0.717, 1.165) is 18.7 Å². The van der Waals surface area contributed by atoms with Crippen LogP contribution in [-0.4, -0.2) is 38.6 Å². The smallest absolute Gasteiger partial charge is 0.135 e. The van der Waals surface area contributed by atoms with Gasteiger partial charge in [0.2, 0.25) is 0 Å². The minimum Gasteiger partial charge on any atom is -0.485 e. The third kappa shape index (κ3) is 5.09. The number of hydrogen-bond acceptors (Lipinski definition) is 4. The molecule has 2 heterocycles. The Hall–Kier alpha value is -1.36. The van der Waals surface area contributed by atoms with E-state index in [2.05, 4.69) is 66.0 Å². The predicted molar refractivity (Wildman–Crippen MR) is 111 cm³/mol. The summed E-state index contributed by atoms with van der Waals surface area (Å²) in [6, 6.07) is 13.1. The van der Waals surface area contributed by atoms with E-state index in [1.54, 1.807) is 11.3 Å². The van der Waals surface area contributed by atoms with Crippen LogP contribution in [0.25, 0.3) is 0 Å². The van der Waals surface area contributed by atoms with Gasteiger partial charge in [0.25, 0.3) is 0 Å². The highest BCUT2D eigenvalue weighted by Crippen LogP contribution is 2.35. The number of piperidine rings is 1. The van der Waals surface area contributed by atoms with Crippen molar-refractivity contribution in [1.82, 2.24) is 10.2 Å². The Morgan fingerprint density at radius 1 is 1.23 bits per heavy atom. The molecule has 2 aromatic rings. The topological polar surface area (TPSA) is 24.5 Å². The molecule has 0 radical (unpaired) electrons. The molecule has 1 aromatic heterocycles. The van der Waals surface area contributed by atoms with Gasteiger partial charge in [0.1, 0.15) is 11.9 Å². The predicted octanol–water partition coefficient (Wildman–Crippen LogP) is 4.92. The number of nitrogens with zero attached hydrogens (tertiary/aromatic N) is 1. The molecule has 1 aliphatic rings. The zero-order valence-electron chi connectivity index (χ0n) is 16.3. The molecule has 2 atom stereocenters.